The third-order valence-corrected chi connectivity index (χ3v) is 5.81. The van der Waals surface area contributed by atoms with Crippen molar-refractivity contribution in [2.45, 2.75) is 33.0 Å². The standard InChI is InChI=1S/C24H29ClN4O4S/c1-15-12-29(13-16(2)33-15)23(30)14-32-21-9-8-18(10-22(21)31-4)11-26-28-24(34)27-20-7-5-6-19(25)17(20)3/h5-11,15-16H,12-14H2,1-4H3,(H2,27,28,34)/b26-11-/t15-,16-/m0/s1. The molecule has 0 saturated carbocycles. The average molecular weight is 505 g/mol. The van der Waals surface area contributed by atoms with Gasteiger partial charge in [-0.3, -0.25) is 10.2 Å². The molecule has 1 saturated heterocycles. The number of halogens is 1. The fraction of sp³-hybridized carbons (Fsp3) is 0.375. The number of benzene rings is 2. The Morgan fingerprint density at radius 3 is 2.71 bits per heavy atom. The van der Waals surface area contributed by atoms with Gasteiger partial charge < -0.3 is 24.4 Å². The van der Waals surface area contributed by atoms with Gasteiger partial charge in [0, 0.05) is 23.8 Å². The number of ether oxygens (including phenoxy) is 3. The number of anilines is 1. The summed E-state index contributed by atoms with van der Waals surface area (Å²) in [4.78, 5) is 14.3. The first kappa shape index (κ1) is 25.7. The largest absolute Gasteiger partial charge is 0.493 e. The van der Waals surface area contributed by atoms with Gasteiger partial charge >= 0.3 is 0 Å². The molecule has 2 atom stereocenters. The van der Waals surface area contributed by atoms with E-state index in [9.17, 15) is 4.79 Å². The van der Waals surface area contributed by atoms with E-state index in [0.717, 1.165) is 16.8 Å². The van der Waals surface area contributed by atoms with Gasteiger partial charge in [-0.2, -0.15) is 5.10 Å². The number of amides is 1. The van der Waals surface area contributed by atoms with Crippen LogP contribution in [0.2, 0.25) is 5.02 Å². The lowest BCUT2D eigenvalue weighted by molar-refractivity contribution is -0.145. The molecule has 2 aromatic carbocycles. The quantitative estimate of drug-likeness (QED) is 0.335. The molecule has 2 N–H and O–H groups in total. The van der Waals surface area contributed by atoms with Gasteiger partial charge in [-0.05, 0) is 74.4 Å². The van der Waals surface area contributed by atoms with E-state index in [2.05, 4.69) is 15.8 Å². The Hall–Kier alpha value is -2.88. The molecule has 1 fully saturated rings. The van der Waals surface area contributed by atoms with Crippen molar-refractivity contribution >= 4 is 46.7 Å². The molecule has 1 aliphatic heterocycles. The van der Waals surface area contributed by atoms with Crippen molar-refractivity contribution in [3.05, 3.63) is 52.5 Å². The molecule has 8 nitrogen and oxygen atoms in total. The Kier molecular flexibility index (Phi) is 9.09. The van der Waals surface area contributed by atoms with E-state index in [0.29, 0.717) is 34.7 Å². The SMILES string of the molecule is COc1cc(/C=N\NC(=S)Nc2cccc(Cl)c2C)ccc1OCC(=O)N1C[C@H](C)O[C@@H](C)C1. The lowest BCUT2D eigenvalue weighted by Crippen LogP contribution is -2.49. The molecule has 3 rings (SSSR count). The molecule has 1 amide bonds. The number of hydrogen-bond donors (Lipinski definition) is 2. The predicted octanol–water partition coefficient (Wildman–Crippen LogP) is 3.99. The van der Waals surface area contributed by atoms with Crippen LogP contribution in [-0.2, 0) is 9.53 Å². The molecule has 0 radical (unpaired) electrons. The summed E-state index contributed by atoms with van der Waals surface area (Å²) in [6, 6.07) is 10.9. The molecule has 0 unspecified atom stereocenters. The molecule has 0 spiro atoms. The van der Waals surface area contributed by atoms with E-state index < -0.39 is 0 Å². The van der Waals surface area contributed by atoms with Gasteiger partial charge in [0.05, 0.1) is 25.5 Å². The van der Waals surface area contributed by atoms with E-state index >= 15 is 0 Å². The predicted molar refractivity (Wildman–Crippen MR) is 138 cm³/mol. The average Bonchev–Trinajstić information content (AvgIpc) is 2.80. The number of hydrazone groups is 1. The van der Waals surface area contributed by atoms with Crippen LogP contribution >= 0.6 is 23.8 Å². The number of nitrogens with zero attached hydrogens (tertiary/aromatic N) is 2. The summed E-state index contributed by atoms with van der Waals surface area (Å²) in [7, 11) is 1.54. The van der Waals surface area contributed by atoms with Crippen LogP contribution < -0.4 is 20.2 Å². The number of morpholine rings is 1. The van der Waals surface area contributed by atoms with Gasteiger partial charge in [0.1, 0.15) is 0 Å². The van der Waals surface area contributed by atoms with Crippen LogP contribution in [0.4, 0.5) is 5.69 Å². The Bertz CT molecular complexity index is 1060. The number of carbonyl (C=O) groups is 1. The third kappa shape index (κ3) is 7.06. The fourth-order valence-corrected chi connectivity index (χ4v) is 3.89. The van der Waals surface area contributed by atoms with Gasteiger partial charge in [-0.25, -0.2) is 0 Å². The van der Waals surface area contributed by atoms with E-state index in [4.69, 9.17) is 38.0 Å². The zero-order valence-corrected chi connectivity index (χ0v) is 21.2. The van der Waals surface area contributed by atoms with Crippen molar-refractivity contribution in [2.75, 3.05) is 32.1 Å². The Morgan fingerprint density at radius 2 is 2.00 bits per heavy atom. The highest BCUT2D eigenvalue weighted by molar-refractivity contribution is 7.80. The maximum atomic E-state index is 12.6. The molecule has 182 valence electrons. The monoisotopic (exact) mass is 504 g/mol. The van der Waals surface area contributed by atoms with Crippen LogP contribution in [-0.4, -0.2) is 61.1 Å². The summed E-state index contributed by atoms with van der Waals surface area (Å²) in [5.41, 5.74) is 5.24. The van der Waals surface area contributed by atoms with E-state index in [1.807, 2.05) is 45.0 Å². The summed E-state index contributed by atoms with van der Waals surface area (Å²) in [5.74, 6) is 0.884. The normalized spacial score (nSPS) is 18.0. The van der Waals surface area contributed by atoms with E-state index in [-0.39, 0.29) is 24.7 Å². The number of nitrogens with one attached hydrogen (secondary N) is 2. The third-order valence-electron chi connectivity index (χ3n) is 5.21. The molecule has 0 aromatic heterocycles. The van der Waals surface area contributed by atoms with E-state index in [1.165, 1.54) is 0 Å². The van der Waals surface area contributed by atoms with Crippen molar-refractivity contribution in [2.24, 2.45) is 5.10 Å². The Balaban J connectivity index is 1.54. The Labute approximate surface area is 210 Å². The van der Waals surface area contributed by atoms with Crippen LogP contribution in [0.3, 0.4) is 0 Å². The number of hydrogen-bond acceptors (Lipinski definition) is 6. The number of carbonyl (C=O) groups excluding carboxylic acids is 1. The molecule has 10 heteroatoms. The maximum Gasteiger partial charge on any atom is 0.260 e. The van der Waals surface area contributed by atoms with Crippen molar-refractivity contribution < 1.29 is 19.0 Å². The topological polar surface area (TPSA) is 84.4 Å². The van der Waals surface area contributed by atoms with Gasteiger partial charge in [0.2, 0.25) is 0 Å². The molecular weight excluding hydrogens is 476 g/mol. The highest BCUT2D eigenvalue weighted by atomic mass is 35.5. The van der Waals surface area contributed by atoms with E-state index in [1.54, 1.807) is 30.4 Å². The van der Waals surface area contributed by atoms with Gasteiger partial charge in [-0.1, -0.05) is 17.7 Å². The minimum atomic E-state index is -0.0881. The van der Waals surface area contributed by atoms with Gasteiger partial charge in [-0.15, -0.1) is 0 Å². The number of methoxy groups -OCH3 is 1. The molecule has 34 heavy (non-hydrogen) atoms. The molecule has 0 aliphatic carbocycles. The first-order valence-corrected chi connectivity index (χ1v) is 11.6. The fourth-order valence-electron chi connectivity index (χ4n) is 3.55. The van der Waals surface area contributed by atoms with Gasteiger partial charge in [0.15, 0.2) is 23.2 Å². The Morgan fingerprint density at radius 1 is 1.26 bits per heavy atom. The lowest BCUT2D eigenvalue weighted by atomic mass is 10.2. The van der Waals surface area contributed by atoms with Crippen molar-refractivity contribution in [1.29, 1.82) is 0 Å². The van der Waals surface area contributed by atoms with Crippen LogP contribution in [0.5, 0.6) is 11.5 Å². The zero-order chi connectivity index (χ0) is 24.7. The smallest absolute Gasteiger partial charge is 0.260 e. The van der Waals surface area contributed by atoms with Crippen molar-refractivity contribution in [3.63, 3.8) is 0 Å². The number of thiocarbonyl (C=S) groups is 1. The first-order chi connectivity index (χ1) is 16.3. The molecule has 2 aromatic rings. The summed E-state index contributed by atoms with van der Waals surface area (Å²) in [6.07, 6.45) is 1.62. The highest BCUT2D eigenvalue weighted by Crippen LogP contribution is 2.28. The van der Waals surface area contributed by atoms with Crippen LogP contribution in [0.15, 0.2) is 41.5 Å². The van der Waals surface area contributed by atoms with Crippen LogP contribution in [0.25, 0.3) is 0 Å². The molecule has 0 bridgehead atoms. The second-order valence-electron chi connectivity index (χ2n) is 7.99. The van der Waals surface area contributed by atoms with Crippen molar-refractivity contribution in [3.8, 4) is 11.5 Å². The molecule has 1 aliphatic rings. The summed E-state index contributed by atoms with van der Waals surface area (Å²) in [5, 5.41) is 8.21. The van der Waals surface area contributed by atoms with Crippen LogP contribution in [0.1, 0.15) is 25.0 Å². The zero-order valence-electron chi connectivity index (χ0n) is 19.6. The van der Waals surface area contributed by atoms with Gasteiger partial charge in [0.25, 0.3) is 5.91 Å². The summed E-state index contributed by atoms with van der Waals surface area (Å²) in [6.45, 7) is 6.85. The van der Waals surface area contributed by atoms with Crippen LogP contribution in [0, 0.1) is 6.92 Å². The van der Waals surface area contributed by atoms with Crippen molar-refractivity contribution in [1.82, 2.24) is 10.3 Å². The molecule has 1 heterocycles. The molecular formula is C24H29ClN4O4S. The first-order valence-electron chi connectivity index (χ1n) is 10.9. The second kappa shape index (κ2) is 12.0. The lowest BCUT2D eigenvalue weighted by Gasteiger charge is -2.35. The maximum absolute atomic E-state index is 12.6. The highest BCUT2D eigenvalue weighted by Gasteiger charge is 2.26. The minimum Gasteiger partial charge on any atom is -0.493 e. The minimum absolute atomic E-state index is 0.00650. The summed E-state index contributed by atoms with van der Waals surface area (Å²) >= 11 is 11.4. The second-order valence-corrected chi connectivity index (χ2v) is 8.81. The number of rotatable bonds is 7. The summed E-state index contributed by atoms with van der Waals surface area (Å²) < 4.78 is 16.8.